The Balaban J connectivity index is 3.41. The molecule has 64 valence electrons. The molecule has 0 aliphatic carbocycles. The van der Waals surface area contributed by atoms with Crippen molar-refractivity contribution >= 4 is 0 Å². The van der Waals surface area contributed by atoms with Gasteiger partial charge in [0.05, 0.1) is 0 Å². The maximum absolute atomic E-state index is 2.24. The van der Waals surface area contributed by atoms with Crippen molar-refractivity contribution in [3.63, 3.8) is 0 Å². The van der Waals surface area contributed by atoms with Gasteiger partial charge in [0.2, 0.25) is 0 Å². The van der Waals surface area contributed by atoms with Gasteiger partial charge in [-0.1, -0.05) is 52.0 Å². The highest BCUT2D eigenvalue weighted by atomic mass is 13.9. The predicted molar refractivity (Wildman–Crippen MR) is 52.6 cm³/mol. The average molecular weight is 152 g/mol. The minimum atomic E-state index is 0.683. The standard InChI is InChI=1S/C11H20/c1-10(2)8-6-5-7-9-11(3)4/h6-11H,5H2,1-4H3/b8-6+,9-7+. The molecule has 0 fully saturated rings. The van der Waals surface area contributed by atoms with E-state index < -0.39 is 0 Å². The van der Waals surface area contributed by atoms with Crippen LogP contribution < -0.4 is 0 Å². The second-order valence-corrected chi connectivity index (χ2v) is 3.58. The maximum Gasteiger partial charge on any atom is -0.0169 e. The largest absolute Gasteiger partial charge is 0.0857 e. The minimum Gasteiger partial charge on any atom is -0.0857 e. The molecule has 0 nitrogen and oxygen atoms in total. The van der Waals surface area contributed by atoms with Gasteiger partial charge in [-0.25, -0.2) is 0 Å². The highest BCUT2D eigenvalue weighted by molar-refractivity contribution is 4.94. The zero-order valence-electron chi connectivity index (χ0n) is 8.17. The van der Waals surface area contributed by atoms with Crippen molar-refractivity contribution in [2.75, 3.05) is 0 Å². The quantitative estimate of drug-likeness (QED) is 0.537. The first-order chi connectivity index (χ1) is 5.13. The average Bonchev–Trinajstić information content (AvgIpc) is 1.85. The van der Waals surface area contributed by atoms with Crippen molar-refractivity contribution < 1.29 is 0 Å². The number of rotatable bonds is 4. The number of hydrogen-bond donors (Lipinski definition) is 0. The van der Waals surface area contributed by atoms with E-state index in [2.05, 4.69) is 52.0 Å². The number of hydrogen-bond acceptors (Lipinski definition) is 0. The lowest BCUT2D eigenvalue weighted by Crippen LogP contribution is -1.77. The van der Waals surface area contributed by atoms with Crippen LogP contribution in [0.15, 0.2) is 24.3 Å². The van der Waals surface area contributed by atoms with Crippen LogP contribution in [0.2, 0.25) is 0 Å². The predicted octanol–water partition coefficient (Wildman–Crippen LogP) is 3.80. The normalized spacial score (nSPS) is 12.9. The Morgan fingerprint density at radius 1 is 0.818 bits per heavy atom. The first kappa shape index (κ1) is 10.5. The van der Waals surface area contributed by atoms with E-state index in [1.165, 1.54) is 0 Å². The van der Waals surface area contributed by atoms with Crippen molar-refractivity contribution in [2.45, 2.75) is 34.1 Å². The molecule has 0 spiro atoms. The lowest BCUT2D eigenvalue weighted by Gasteiger charge is -1.92. The van der Waals surface area contributed by atoms with Gasteiger partial charge < -0.3 is 0 Å². The highest BCUT2D eigenvalue weighted by Crippen LogP contribution is 1.98. The second kappa shape index (κ2) is 6.21. The van der Waals surface area contributed by atoms with Crippen LogP contribution in [0.3, 0.4) is 0 Å². The van der Waals surface area contributed by atoms with E-state index in [0.717, 1.165) is 6.42 Å². The first-order valence-electron chi connectivity index (χ1n) is 4.46. The van der Waals surface area contributed by atoms with Crippen LogP contribution >= 0.6 is 0 Å². The van der Waals surface area contributed by atoms with Crippen LogP contribution in [0.1, 0.15) is 34.1 Å². The van der Waals surface area contributed by atoms with Crippen molar-refractivity contribution in [3.05, 3.63) is 24.3 Å². The fourth-order valence-corrected chi connectivity index (χ4v) is 0.780. The smallest absolute Gasteiger partial charge is 0.0169 e. The molecule has 0 aliphatic heterocycles. The van der Waals surface area contributed by atoms with Crippen LogP contribution in [-0.2, 0) is 0 Å². The SMILES string of the molecule is CC(C)/C=C/C/C=C/C(C)C. The van der Waals surface area contributed by atoms with Crippen molar-refractivity contribution in [2.24, 2.45) is 11.8 Å². The summed E-state index contributed by atoms with van der Waals surface area (Å²) in [4.78, 5) is 0. The molecule has 0 saturated heterocycles. The fourth-order valence-electron chi connectivity index (χ4n) is 0.780. The second-order valence-electron chi connectivity index (χ2n) is 3.58. The lowest BCUT2D eigenvalue weighted by molar-refractivity contribution is 0.822. The molecule has 0 aromatic carbocycles. The van der Waals surface area contributed by atoms with E-state index >= 15 is 0 Å². The van der Waals surface area contributed by atoms with Gasteiger partial charge in [0, 0.05) is 0 Å². The van der Waals surface area contributed by atoms with Gasteiger partial charge >= 0.3 is 0 Å². The summed E-state index contributed by atoms with van der Waals surface area (Å²) in [5.41, 5.74) is 0. The molecule has 0 atom stereocenters. The summed E-state index contributed by atoms with van der Waals surface area (Å²) < 4.78 is 0. The summed E-state index contributed by atoms with van der Waals surface area (Å²) in [7, 11) is 0. The molecule has 0 bridgehead atoms. The Kier molecular flexibility index (Phi) is 5.91. The molecule has 0 aliphatic rings. The third-order valence-electron chi connectivity index (χ3n) is 1.31. The fraction of sp³-hybridized carbons (Fsp3) is 0.636. The molecule has 0 aromatic rings. The Morgan fingerprint density at radius 2 is 1.18 bits per heavy atom. The van der Waals surface area contributed by atoms with Gasteiger partial charge in [-0.05, 0) is 18.3 Å². The third kappa shape index (κ3) is 9.48. The molecule has 0 radical (unpaired) electrons. The summed E-state index contributed by atoms with van der Waals surface area (Å²) in [6.45, 7) is 8.79. The van der Waals surface area contributed by atoms with Gasteiger partial charge in [-0.2, -0.15) is 0 Å². The Morgan fingerprint density at radius 3 is 1.45 bits per heavy atom. The van der Waals surface area contributed by atoms with Gasteiger partial charge in [0.25, 0.3) is 0 Å². The van der Waals surface area contributed by atoms with E-state index in [-0.39, 0.29) is 0 Å². The minimum absolute atomic E-state index is 0.683. The van der Waals surface area contributed by atoms with Crippen molar-refractivity contribution in [3.8, 4) is 0 Å². The Bertz CT molecular complexity index is 111. The van der Waals surface area contributed by atoms with E-state index in [0.29, 0.717) is 11.8 Å². The summed E-state index contributed by atoms with van der Waals surface area (Å²) in [6, 6.07) is 0. The molecular formula is C11H20. The van der Waals surface area contributed by atoms with Crippen LogP contribution in [0, 0.1) is 11.8 Å². The zero-order chi connectivity index (χ0) is 8.69. The summed E-state index contributed by atoms with van der Waals surface area (Å²) in [6.07, 6.45) is 10.0. The molecule has 11 heavy (non-hydrogen) atoms. The monoisotopic (exact) mass is 152 g/mol. The molecule has 0 rings (SSSR count). The Hall–Kier alpha value is -0.520. The molecule has 0 saturated carbocycles. The molecule has 0 aromatic heterocycles. The molecular weight excluding hydrogens is 132 g/mol. The van der Waals surface area contributed by atoms with Crippen LogP contribution in [0.5, 0.6) is 0 Å². The molecule has 0 heterocycles. The van der Waals surface area contributed by atoms with Crippen LogP contribution in [0.4, 0.5) is 0 Å². The van der Waals surface area contributed by atoms with Gasteiger partial charge in [-0.15, -0.1) is 0 Å². The van der Waals surface area contributed by atoms with Gasteiger partial charge in [0.15, 0.2) is 0 Å². The Labute approximate surface area is 71.0 Å². The summed E-state index contributed by atoms with van der Waals surface area (Å²) in [5.74, 6) is 1.37. The first-order valence-corrected chi connectivity index (χ1v) is 4.46. The maximum atomic E-state index is 2.24. The van der Waals surface area contributed by atoms with Crippen LogP contribution in [-0.4, -0.2) is 0 Å². The van der Waals surface area contributed by atoms with Gasteiger partial charge in [-0.3, -0.25) is 0 Å². The third-order valence-corrected chi connectivity index (χ3v) is 1.31. The number of allylic oxidation sites excluding steroid dienone is 4. The molecule has 0 N–H and O–H groups in total. The van der Waals surface area contributed by atoms with Gasteiger partial charge in [0.1, 0.15) is 0 Å². The lowest BCUT2D eigenvalue weighted by atomic mass is 10.1. The van der Waals surface area contributed by atoms with E-state index in [1.807, 2.05) is 0 Å². The van der Waals surface area contributed by atoms with E-state index in [4.69, 9.17) is 0 Å². The van der Waals surface area contributed by atoms with E-state index in [9.17, 15) is 0 Å². The summed E-state index contributed by atoms with van der Waals surface area (Å²) >= 11 is 0. The molecule has 0 unspecified atom stereocenters. The van der Waals surface area contributed by atoms with Crippen molar-refractivity contribution in [1.82, 2.24) is 0 Å². The zero-order valence-corrected chi connectivity index (χ0v) is 8.17. The topological polar surface area (TPSA) is 0 Å². The highest BCUT2D eigenvalue weighted by Gasteiger charge is 1.82. The van der Waals surface area contributed by atoms with Crippen molar-refractivity contribution in [1.29, 1.82) is 0 Å². The van der Waals surface area contributed by atoms with E-state index in [1.54, 1.807) is 0 Å². The summed E-state index contributed by atoms with van der Waals surface area (Å²) in [5, 5.41) is 0. The molecule has 0 heteroatoms. The van der Waals surface area contributed by atoms with Crippen LogP contribution in [0.25, 0.3) is 0 Å². The molecule has 0 amide bonds.